The van der Waals surface area contributed by atoms with Crippen LogP contribution in [0.5, 0.6) is 5.75 Å². The lowest BCUT2D eigenvalue weighted by atomic mass is 10.00. The predicted molar refractivity (Wildman–Crippen MR) is 55.6 cm³/mol. The molecule has 0 spiro atoms. The largest absolute Gasteiger partial charge is 0.496 e. The van der Waals surface area contributed by atoms with E-state index in [2.05, 4.69) is 20.7 Å². The van der Waals surface area contributed by atoms with E-state index in [1.807, 2.05) is 0 Å². The molecule has 1 rings (SSSR count). The standard InChI is InChI=1S/C10H7BrF6O/c1-18-6-3-2-5(4-11)7(9(12,13)14)8(6)10(15,16)17/h2-3H,4H2,1H3. The third kappa shape index (κ3) is 2.90. The average Bonchev–Trinajstić information content (AvgIpc) is 2.24. The van der Waals surface area contributed by atoms with Crippen LogP contribution in [-0.2, 0) is 17.7 Å². The molecule has 0 aliphatic rings. The molecule has 0 amide bonds. The molecule has 1 aromatic carbocycles. The van der Waals surface area contributed by atoms with Crippen LogP contribution in [0.25, 0.3) is 0 Å². The van der Waals surface area contributed by atoms with Crippen molar-refractivity contribution in [2.75, 3.05) is 7.11 Å². The first-order valence-electron chi connectivity index (χ1n) is 4.53. The highest BCUT2D eigenvalue weighted by atomic mass is 79.9. The zero-order valence-corrected chi connectivity index (χ0v) is 10.5. The summed E-state index contributed by atoms with van der Waals surface area (Å²) in [4.78, 5) is 0. The van der Waals surface area contributed by atoms with Gasteiger partial charge in [0.15, 0.2) is 0 Å². The van der Waals surface area contributed by atoms with Gasteiger partial charge in [0.25, 0.3) is 0 Å². The molecule has 0 aromatic heterocycles. The van der Waals surface area contributed by atoms with E-state index >= 15 is 0 Å². The van der Waals surface area contributed by atoms with Gasteiger partial charge in [-0.3, -0.25) is 0 Å². The minimum Gasteiger partial charge on any atom is -0.496 e. The van der Waals surface area contributed by atoms with Crippen molar-refractivity contribution in [2.45, 2.75) is 17.7 Å². The molecule has 0 aliphatic carbocycles. The molecule has 8 heteroatoms. The third-order valence-corrected chi connectivity index (χ3v) is 2.79. The SMILES string of the molecule is COc1ccc(CBr)c(C(F)(F)F)c1C(F)(F)F. The van der Waals surface area contributed by atoms with Crippen LogP contribution in [0, 0.1) is 0 Å². The van der Waals surface area contributed by atoms with Gasteiger partial charge in [0.2, 0.25) is 0 Å². The van der Waals surface area contributed by atoms with Crippen molar-refractivity contribution in [3.8, 4) is 5.75 Å². The number of halogens is 7. The quantitative estimate of drug-likeness (QED) is 0.565. The van der Waals surface area contributed by atoms with Gasteiger partial charge in [-0.05, 0) is 11.6 Å². The summed E-state index contributed by atoms with van der Waals surface area (Å²) < 4.78 is 80.9. The number of benzene rings is 1. The Hall–Kier alpha value is -0.920. The number of rotatable bonds is 2. The topological polar surface area (TPSA) is 9.23 Å². The maximum Gasteiger partial charge on any atom is 0.420 e. The van der Waals surface area contributed by atoms with Crippen molar-refractivity contribution in [3.63, 3.8) is 0 Å². The first kappa shape index (κ1) is 15.1. The predicted octanol–water partition coefficient (Wildman–Crippen LogP) is 4.63. The van der Waals surface area contributed by atoms with Crippen molar-refractivity contribution < 1.29 is 31.1 Å². The average molecular weight is 337 g/mol. The van der Waals surface area contributed by atoms with Gasteiger partial charge >= 0.3 is 12.4 Å². The summed E-state index contributed by atoms with van der Waals surface area (Å²) in [5.74, 6) is -0.848. The van der Waals surface area contributed by atoms with Crippen LogP contribution in [0.15, 0.2) is 12.1 Å². The number of alkyl halides is 7. The Bertz CT molecular complexity index is 396. The van der Waals surface area contributed by atoms with E-state index in [4.69, 9.17) is 0 Å². The molecular weight excluding hydrogens is 330 g/mol. The minimum absolute atomic E-state index is 0.338. The van der Waals surface area contributed by atoms with Gasteiger partial charge in [-0.25, -0.2) is 0 Å². The van der Waals surface area contributed by atoms with Crippen LogP contribution in [0.2, 0.25) is 0 Å². The molecule has 1 aromatic rings. The van der Waals surface area contributed by atoms with Crippen LogP contribution >= 0.6 is 15.9 Å². The summed E-state index contributed by atoms with van der Waals surface area (Å²) in [6.45, 7) is 0. The Morgan fingerprint density at radius 3 is 1.83 bits per heavy atom. The molecular formula is C10H7BrF6O. The van der Waals surface area contributed by atoms with E-state index < -0.39 is 34.8 Å². The van der Waals surface area contributed by atoms with Crippen molar-refractivity contribution >= 4 is 15.9 Å². The summed E-state index contributed by atoms with van der Waals surface area (Å²) in [5.41, 5.74) is -4.00. The van der Waals surface area contributed by atoms with Gasteiger partial charge in [0, 0.05) is 5.33 Å². The van der Waals surface area contributed by atoms with Gasteiger partial charge in [-0.15, -0.1) is 0 Å². The van der Waals surface area contributed by atoms with Crippen molar-refractivity contribution in [1.29, 1.82) is 0 Å². The van der Waals surface area contributed by atoms with Gasteiger partial charge in [-0.1, -0.05) is 22.0 Å². The fourth-order valence-electron chi connectivity index (χ4n) is 1.51. The fraction of sp³-hybridized carbons (Fsp3) is 0.400. The molecule has 0 bridgehead atoms. The molecule has 0 atom stereocenters. The summed E-state index contributed by atoms with van der Waals surface area (Å²) in [7, 11) is 0.887. The first-order valence-corrected chi connectivity index (χ1v) is 5.65. The maximum atomic E-state index is 12.8. The number of methoxy groups -OCH3 is 1. The lowest BCUT2D eigenvalue weighted by molar-refractivity contribution is -0.163. The molecule has 0 saturated heterocycles. The van der Waals surface area contributed by atoms with E-state index in [-0.39, 0.29) is 5.33 Å². The Balaban J connectivity index is 3.71. The van der Waals surface area contributed by atoms with Crippen LogP contribution in [0.4, 0.5) is 26.3 Å². The van der Waals surface area contributed by atoms with Crippen LogP contribution in [0.3, 0.4) is 0 Å². The summed E-state index contributed by atoms with van der Waals surface area (Å²) in [5, 5.41) is -0.338. The Labute approximate surface area is 107 Å². The van der Waals surface area contributed by atoms with Crippen LogP contribution < -0.4 is 4.74 Å². The highest BCUT2D eigenvalue weighted by molar-refractivity contribution is 9.08. The summed E-state index contributed by atoms with van der Waals surface area (Å²) >= 11 is 2.74. The molecule has 0 fully saturated rings. The van der Waals surface area contributed by atoms with Crippen molar-refractivity contribution in [1.82, 2.24) is 0 Å². The van der Waals surface area contributed by atoms with Crippen molar-refractivity contribution in [2.24, 2.45) is 0 Å². The summed E-state index contributed by atoms with van der Waals surface area (Å²) in [6, 6.07) is 1.82. The maximum absolute atomic E-state index is 12.8. The number of hydrogen-bond donors (Lipinski definition) is 0. The molecule has 1 nitrogen and oxygen atoms in total. The molecule has 0 heterocycles. The minimum atomic E-state index is -5.14. The van der Waals surface area contributed by atoms with Gasteiger partial charge in [0.1, 0.15) is 11.3 Å². The molecule has 18 heavy (non-hydrogen) atoms. The second-order valence-corrected chi connectivity index (χ2v) is 3.87. The van der Waals surface area contributed by atoms with Crippen LogP contribution in [0.1, 0.15) is 16.7 Å². The summed E-state index contributed by atoms with van der Waals surface area (Å²) in [6.07, 6.45) is -10.3. The zero-order valence-electron chi connectivity index (χ0n) is 8.92. The molecule has 0 saturated carbocycles. The Morgan fingerprint density at radius 2 is 1.50 bits per heavy atom. The van der Waals surface area contributed by atoms with Crippen molar-refractivity contribution in [3.05, 3.63) is 28.8 Å². The van der Waals surface area contributed by atoms with E-state index in [0.29, 0.717) is 0 Å². The fourth-order valence-corrected chi connectivity index (χ4v) is 1.98. The lowest BCUT2D eigenvalue weighted by Gasteiger charge is -2.20. The zero-order chi connectivity index (χ0) is 14.1. The molecule has 102 valence electrons. The lowest BCUT2D eigenvalue weighted by Crippen LogP contribution is -2.19. The molecule has 0 unspecified atom stereocenters. The van der Waals surface area contributed by atoms with Gasteiger partial charge in [-0.2, -0.15) is 26.3 Å². The third-order valence-electron chi connectivity index (χ3n) is 2.18. The van der Waals surface area contributed by atoms with Crippen LogP contribution in [-0.4, -0.2) is 7.11 Å². The van der Waals surface area contributed by atoms with Gasteiger partial charge < -0.3 is 4.74 Å². The first-order chi connectivity index (χ1) is 8.12. The normalized spacial score (nSPS) is 12.7. The van der Waals surface area contributed by atoms with E-state index in [0.717, 1.165) is 19.2 Å². The van der Waals surface area contributed by atoms with E-state index in [1.54, 1.807) is 0 Å². The number of hydrogen-bond acceptors (Lipinski definition) is 1. The second-order valence-electron chi connectivity index (χ2n) is 3.31. The van der Waals surface area contributed by atoms with E-state index in [9.17, 15) is 26.3 Å². The molecule has 0 N–H and O–H groups in total. The Kier molecular flexibility index (Phi) is 4.19. The van der Waals surface area contributed by atoms with E-state index in [1.165, 1.54) is 0 Å². The highest BCUT2D eigenvalue weighted by Gasteiger charge is 2.47. The highest BCUT2D eigenvalue weighted by Crippen LogP contribution is 2.46. The molecule has 0 radical (unpaired) electrons. The Morgan fingerprint density at radius 1 is 1.00 bits per heavy atom. The number of ether oxygens (including phenoxy) is 1. The molecule has 0 aliphatic heterocycles. The van der Waals surface area contributed by atoms with Gasteiger partial charge in [0.05, 0.1) is 12.7 Å². The second kappa shape index (κ2) is 4.99. The smallest absolute Gasteiger partial charge is 0.420 e. The monoisotopic (exact) mass is 336 g/mol.